The monoisotopic (exact) mass is 735 g/mol. The lowest BCUT2D eigenvalue weighted by atomic mass is 9.72. The molecule has 1 unspecified atom stereocenters. The molecule has 2 aromatic rings. The molecular weight excluding hydrogens is 704 g/mol. The Kier molecular flexibility index (Phi) is 8.54. The third-order valence-electron chi connectivity index (χ3n) is 7.35. The second-order valence-corrected chi connectivity index (χ2v) is 13.4. The van der Waals surface area contributed by atoms with Crippen LogP contribution in [-0.2, 0) is 19.7 Å². The van der Waals surface area contributed by atoms with E-state index in [2.05, 4.69) is 20.9 Å². The van der Waals surface area contributed by atoms with Crippen molar-refractivity contribution in [2.24, 2.45) is 0 Å². The number of esters is 1. The Morgan fingerprint density at radius 2 is 1.98 bits per heavy atom. The van der Waals surface area contributed by atoms with Gasteiger partial charge in [-0.1, -0.05) is 0 Å². The van der Waals surface area contributed by atoms with E-state index in [1.165, 1.54) is 12.0 Å². The van der Waals surface area contributed by atoms with Crippen molar-refractivity contribution >= 4 is 73.0 Å². The van der Waals surface area contributed by atoms with Crippen LogP contribution in [0.15, 0.2) is 10.5 Å². The molecule has 3 heterocycles. The number of carbonyl (C=O) groups is 2. The molecule has 0 N–H and O–H groups in total. The van der Waals surface area contributed by atoms with Gasteiger partial charge in [0.2, 0.25) is 5.82 Å². The first-order valence-electron chi connectivity index (χ1n) is 12.7. The lowest BCUT2D eigenvalue weighted by Crippen LogP contribution is -2.58. The number of likely N-dealkylation sites (tertiary alicyclic amines) is 1. The molecule has 0 saturated carbocycles. The summed E-state index contributed by atoms with van der Waals surface area (Å²) in [6.07, 6.45) is -0.165. The predicted octanol–water partition coefficient (Wildman–Crippen LogP) is 4.84. The number of carbonyl (C=O) groups excluding carboxylic acids is 2. The number of rotatable bonds is 5. The highest BCUT2D eigenvalue weighted by atomic mass is 127. The van der Waals surface area contributed by atoms with Gasteiger partial charge in [-0.3, -0.25) is 14.9 Å². The quantitative estimate of drug-likeness (QED) is 0.140. The number of likely N-dealkylation sites (N-methyl/N-ethyl adjacent to an activating group) is 1. The van der Waals surface area contributed by atoms with Crippen molar-refractivity contribution in [1.82, 2.24) is 14.8 Å². The fourth-order valence-electron chi connectivity index (χ4n) is 5.32. The van der Waals surface area contributed by atoms with Crippen LogP contribution < -0.4 is 4.90 Å². The molecule has 2 aliphatic heterocycles. The lowest BCUT2D eigenvalue weighted by Gasteiger charge is -2.44. The number of hydrogen-bond donors (Lipinski definition) is 0. The number of hydrogen-bond acceptors (Lipinski definition) is 9. The van der Waals surface area contributed by atoms with E-state index in [1.54, 1.807) is 31.7 Å². The molecule has 1 aromatic carbocycles. The number of nitrogens with zero attached hydrogens (tertiary/aromatic N) is 5. The standard InChI is InChI=1S/C26H32BrFIN5O6/c1-25(2,3)40-24(36)32-9-7-8-26(13-32,23(35)39-6)17-15-10-16(29)18(27)19(28)20(15)30-22(21(17)34(37)38)33-11-14(12-33)31(4)5/h10,14H,7-9,11-13H2,1-6H3. The number of anilines is 1. The van der Waals surface area contributed by atoms with Crippen LogP contribution in [-0.4, -0.2) is 90.8 Å². The summed E-state index contributed by atoms with van der Waals surface area (Å²) in [4.78, 5) is 48.7. The number of ether oxygens (including phenoxy) is 2. The minimum absolute atomic E-state index is 0.00442. The molecule has 0 radical (unpaired) electrons. The Morgan fingerprint density at radius 3 is 2.52 bits per heavy atom. The second-order valence-electron chi connectivity index (χ2n) is 11.4. The van der Waals surface area contributed by atoms with Crippen molar-refractivity contribution in [2.75, 3.05) is 52.3 Å². The van der Waals surface area contributed by atoms with Gasteiger partial charge in [-0.2, -0.15) is 0 Å². The maximum absolute atomic E-state index is 15.8. The smallest absolute Gasteiger partial charge is 0.410 e. The number of benzene rings is 1. The number of aromatic nitrogens is 1. The Bertz CT molecular complexity index is 1380. The summed E-state index contributed by atoms with van der Waals surface area (Å²) < 4.78 is 27.2. The summed E-state index contributed by atoms with van der Waals surface area (Å²) in [5.74, 6) is -1.46. The van der Waals surface area contributed by atoms with Gasteiger partial charge in [-0.05, 0) is 92.3 Å². The maximum Gasteiger partial charge on any atom is 0.410 e. The topological polar surface area (TPSA) is 118 Å². The number of pyridine rings is 1. The number of piperidine rings is 1. The third kappa shape index (κ3) is 5.45. The zero-order chi connectivity index (χ0) is 29.7. The van der Waals surface area contributed by atoms with Gasteiger partial charge in [0.15, 0.2) is 5.82 Å². The Hall–Kier alpha value is -2.33. The Balaban J connectivity index is 2.03. The van der Waals surface area contributed by atoms with Gasteiger partial charge in [0.25, 0.3) is 0 Å². The van der Waals surface area contributed by atoms with Crippen molar-refractivity contribution in [3.05, 3.63) is 35.6 Å². The molecule has 0 spiro atoms. The molecule has 2 saturated heterocycles. The van der Waals surface area contributed by atoms with Crippen molar-refractivity contribution in [1.29, 1.82) is 0 Å². The fraction of sp³-hybridized carbons (Fsp3) is 0.577. The summed E-state index contributed by atoms with van der Waals surface area (Å²) in [5.41, 5.74) is -2.96. The highest BCUT2D eigenvalue weighted by Gasteiger charge is 2.53. The Morgan fingerprint density at radius 1 is 1.32 bits per heavy atom. The normalized spacial score (nSPS) is 20.1. The molecule has 40 heavy (non-hydrogen) atoms. The molecule has 2 aliphatic rings. The lowest BCUT2D eigenvalue weighted by molar-refractivity contribution is -0.385. The van der Waals surface area contributed by atoms with Crippen LogP contribution in [0.4, 0.5) is 20.7 Å². The molecule has 2 fully saturated rings. The number of amides is 1. The summed E-state index contributed by atoms with van der Waals surface area (Å²) in [5, 5.41) is 13.0. The summed E-state index contributed by atoms with van der Waals surface area (Å²) in [6, 6.07) is 1.71. The first-order valence-corrected chi connectivity index (χ1v) is 14.6. The van der Waals surface area contributed by atoms with E-state index in [0.717, 1.165) is 0 Å². The zero-order valence-electron chi connectivity index (χ0n) is 23.2. The molecule has 11 nitrogen and oxygen atoms in total. The summed E-state index contributed by atoms with van der Waals surface area (Å²) in [6.45, 7) is 6.11. The van der Waals surface area contributed by atoms with Crippen LogP contribution in [0.5, 0.6) is 0 Å². The number of nitro groups is 1. The molecule has 1 atom stereocenters. The fourth-order valence-corrected chi connectivity index (χ4v) is 6.17. The van der Waals surface area contributed by atoms with E-state index in [9.17, 15) is 19.7 Å². The van der Waals surface area contributed by atoms with Crippen LogP contribution in [0, 0.1) is 19.5 Å². The van der Waals surface area contributed by atoms with Crippen molar-refractivity contribution < 1.29 is 28.4 Å². The van der Waals surface area contributed by atoms with Crippen LogP contribution in [0.2, 0.25) is 0 Å². The van der Waals surface area contributed by atoms with Crippen LogP contribution >= 0.6 is 38.5 Å². The van der Waals surface area contributed by atoms with E-state index in [1.807, 2.05) is 41.6 Å². The highest BCUT2D eigenvalue weighted by molar-refractivity contribution is 14.1. The van der Waals surface area contributed by atoms with Gasteiger partial charge in [0, 0.05) is 41.2 Å². The van der Waals surface area contributed by atoms with Crippen LogP contribution in [0.1, 0.15) is 39.2 Å². The van der Waals surface area contributed by atoms with Gasteiger partial charge in [-0.15, -0.1) is 0 Å². The number of methoxy groups -OCH3 is 1. The largest absolute Gasteiger partial charge is 0.468 e. The van der Waals surface area contributed by atoms with Crippen molar-refractivity contribution in [2.45, 2.75) is 50.7 Å². The molecule has 218 valence electrons. The predicted molar refractivity (Wildman–Crippen MR) is 159 cm³/mol. The number of fused-ring (bicyclic) bond motifs is 1. The van der Waals surface area contributed by atoms with Gasteiger partial charge in [0.1, 0.15) is 16.5 Å². The average molecular weight is 736 g/mol. The first-order chi connectivity index (χ1) is 18.6. The van der Waals surface area contributed by atoms with Gasteiger partial charge >= 0.3 is 17.7 Å². The van der Waals surface area contributed by atoms with Gasteiger partial charge in [0.05, 0.1) is 22.1 Å². The molecular formula is C26H32BrFIN5O6. The molecule has 0 bridgehead atoms. The van der Waals surface area contributed by atoms with Gasteiger partial charge in [-0.25, -0.2) is 14.2 Å². The maximum atomic E-state index is 15.8. The molecule has 1 amide bonds. The summed E-state index contributed by atoms with van der Waals surface area (Å²) >= 11 is 5.19. The van der Waals surface area contributed by atoms with Crippen molar-refractivity contribution in [3.8, 4) is 0 Å². The minimum atomic E-state index is -1.67. The van der Waals surface area contributed by atoms with Crippen molar-refractivity contribution in [3.63, 3.8) is 0 Å². The second kappa shape index (κ2) is 11.2. The number of halogens is 3. The average Bonchev–Trinajstić information content (AvgIpc) is 2.84. The van der Waals surface area contributed by atoms with E-state index in [-0.39, 0.29) is 52.3 Å². The van der Waals surface area contributed by atoms with Gasteiger partial charge < -0.3 is 24.2 Å². The molecule has 0 aliphatic carbocycles. The van der Waals surface area contributed by atoms with Crippen LogP contribution in [0.25, 0.3) is 10.9 Å². The van der Waals surface area contributed by atoms with E-state index >= 15 is 4.39 Å². The van der Waals surface area contributed by atoms with E-state index in [0.29, 0.717) is 23.1 Å². The zero-order valence-corrected chi connectivity index (χ0v) is 27.0. The minimum Gasteiger partial charge on any atom is -0.468 e. The molecule has 1 aromatic heterocycles. The molecule has 4 rings (SSSR count). The van der Waals surface area contributed by atoms with Crippen LogP contribution in [0.3, 0.4) is 0 Å². The highest BCUT2D eigenvalue weighted by Crippen LogP contribution is 2.49. The summed E-state index contributed by atoms with van der Waals surface area (Å²) in [7, 11) is 5.02. The van der Waals surface area contributed by atoms with E-state index < -0.39 is 39.5 Å². The third-order valence-corrected chi connectivity index (χ3v) is 9.71. The molecule has 14 heteroatoms. The Labute approximate surface area is 253 Å². The van der Waals surface area contributed by atoms with E-state index in [4.69, 9.17) is 9.47 Å². The SMILES string of the molecule is COC(=O)C1(c2c([N+](=O)[O-])c(N3CC(N(C)C)C3)nc3c(F)c(Br)c(I)cc23)CCCN(C(=O)OC(C)(C)C)C1. The first kappa shape index (κ1) is 30.6.